The van der Waals surface area contributed by atoms with Crippen LogP contribution in [0.1, 0.15) is 33.4 Å². The van der Waals surface area contributed by atoms with E-state index in [0.29, 0.717) is 0 Å². The summed E-state index contributed by atoms with van der Waals surface area (Å²) in [5.41, 5.74) is 9.21. The Bertz CT molecular complexity index is 2470. The van der Waals surface area contributed by atoms with Crippen LogP contribution in [0.25, 0.3) is 32.3 Å². The lowest BCUT2D eigenvalue weighted by Gasteiger charge is -2.16. The molecule has 0 aliphatic carbocycles. The molecular weight excluding hydrogens is 674 g/mol. The third-order valence-corrected chi connectivity index (χ3v) is 9.68. The van der Waals surface area contributed by atoms with Crippen LogP contribution in [-0.2, 0) is 0 Å². The highest BCUT2D eigenvalue weighted by Crippen LogP contribution is 2.41. The van der Waals surface area contributed by atoms with Gasteiger partial charge in [0.15, 0.2) is 0 Å². The fraction of sp³-hybridized carbons (Fsp3) is 0.130. The summed E-state index contributed by atoms with van der Waals surface area (Å²) in [5.74, 6) is 20.8. The third-order valence-electron chi connectivity index (χ3n) is 9.02. The van der Waals surface area contributed by atoms with Crippen LogP contribution < -0.4 is 14.7 Å². The molecule has 0 saturated heterocycles. The smallest absolute Gasteiger partial charge is 0.0361 e. The second kappa shape index (κ2) is 13.6. The summed E-state index contributed by atoms with van der Waals surface area (Å²) < 4.78 is 1.01. The van der Waals surface area contributed by atoms with Crippen molar-refractivity contribution in [3.05, 3.63) is 147 Å². The van der Waals surface area contributed by atoms with E-state index in [4.69, 9.17) is 0 Å². The zero-order chi connectivity index (χ0) is 34.9. The Morgan fingerprint density at radius 1 is 0.360 bits per heavy atom. The minimum absolute atomic E-state index is 0.949. The molecule has 0 aliphatic rings. The number of hydrogen-bond donors (Lipinski definition) is 0. The van der Waals surface area contributed by atoms with Gasteiger partial charge in [0, 0.05) is 97.2 Å². The molecule has 242 valence electrons. The molecule has 0 radical (unpaired) electrons. The summed E-state index contributed by atoms with van der Waals surface area (Å²) in [6.45, 7) is 0. The molecule has 3 nitrogen and oxygen atoms in total. The van der Waals surface area contributed by atoms with Crippen LogP contribution in [0.5, 0.6) is 0 Å². The number of benzene rings is 7. The Morgan fingerprint density at radius 3 is 1.00 bits per heavy atom. The van der Waals surface area contributed by atoms with Crippen molar-refractivity contribution < 1.29 is 0 Å². The molecular formula is C46H36BrN3. The van der Waals surface area contributed by atoms with Crippen LogP contribution in [0.3, 0.4) is 0 Å². The van der Waals surface area contributed by atoms with Crippen molar-refractivity contribution in [2.45, 2.75) is 0 Å². The van der Waals surface area contributed by atoms with E-state index in [1.54, 1.807) is 0 Å². The van der Waals surface area contributed by atoms with E-state index < -0.39 is 0 Å². The second-order valence-electron chi connectivity index (χ2n) is 13.0. The van der Waals surface area contributed by atoms with Gasteiger partial charge in [0.2, 0.25) is 0 Å². The first-order valence-corrected chi connectivity index (χ1v) is 17.3. The van der Waals surface area contributed by atoms with Gasteiger partial charge in [-0.15, -0.1) is 0 Å². The molecule has 0 atom stereocenters. The summed E-state index contributed by atoms with van der Waals surface area (Å²) in [6.07, 6.45) is 0. The quantitative estimate of drug-likeness (QED) is 0.134. The molecule has 7 aromatic carbocycles. The zero-order valence-electron chi connectivity index (χ0n) is 29.1. The average Bonchev–Trinajstić information content (AvgIpc) is 3.12. The molecule has 0 aliphatic heterocycles. The fourth-order valence-electron chi connectivity index (χ4n) is 6.21. The standard InChI is InChI=1S/C46H36BrN3/c1-48(2)37-19-10-31(11-20-37)7-16-34-29-35(17-8-32-12-21-38(22-13-32)49(3)4)41-27-28-43-44(47)30-36(42-26-25-40(34)45(41)46(42)43)18-9-33-14-23-39(24-15-33)50(5)6/h10-15,19-30H,1-6H3. The van der Waals surface area contributed by atoms with Crippen LogP contribution in [0.15, 0.2) is 114 Å². The third kappa shape index (κ3) is 6.45. The van der Waals surface area contributed by atoms with Gasteiger partial charge in [-0.2, -0.15) is 0 Å². The van der Waals surface area contributed by atoms with Crippen LogP contribution in [0, 0.1) is 35.5 Å². The molecule has 0 fully saturated rings. The van der Waals surface area contributed by atoms with Gasteiger partial charge >= 0.3 is 0 Å². The van der Waals surface area contributed by atoms with Gasteiger partial charge in [-0.3, -0.25) is 0 Å². The van der Waals surface area contributed by atoms with Crippen molar-refractivity contribution >= 4 is 65.3 Å². The van der Waals surface area contributed by atoms with Crippen LogP contribution in [-0.4, -0.2) is 42.3 Å². The van der Waals surface area contributed by atoms with E-state index in [9.17, 15) is 0 Å². The van der Waals surface area contributed by atoms with Gasteiger partial charge in [0.1, 0.15) is 0 Å². The first-order valence-electron chi connectivity index (χ1n) is 16.5. The van der Waals surface area contributed by atoms with Crippen molar-refractivity contribution in [1.82, 2.24) is 0 Å². The molecule has 4 heteroatoms. The predicted molar refractivity (Wildman–Crippen MR) is 218 cm³/mol. The molecule has 0 saturated carbocycles. The zero-order valence-corrected chi connectivity index (χ0v) is 30.7. The lowest BCUT2D eigenvalue weighted by molar-refractivity contribution is 1.13. The van der Waals surface area contributed by atoms with Gasteiger partial charge in [0.05, 0.1) is 0 Å². The number of anilines is 3. The fourth-order valence-corrected chi connectivity index (χ4v) is 6.77. The molecule has 0 heterocycles. The monoisotopic (exact) mass is 709 g/mol. The largest absolute Gasteiger partial charge is 0.378 e. The highest BCUT2D eigenvalue weighted by Gasteiger charge is 2.17. The van der Waals surface area contributed by atoms with Crippen molar-refractivity contribution in [2.24, 2.45) is 0 Å². The molecule has 7 aromatic rings. The Labute approximate surface area is 303 Å². The molecule has 0 amide bonds. The number of nitrogens with zero attached hydrogens (tertiary/aromatic N) is 3. The molecule has 0 unspecified atom stereocenters. The second-order valence-corrected chi connectivity index (χ2v) is 13.9. The van der Waals surface area contributed by atoms with E-state index in [1.807, 2.05) is 42.3 Å². The molecule has 50 heavy (non-hydrogen) atoms. The lowest BCUT2D eigenvalue weighted by Crippen LogP contribution is -2.07. The normalized spacial score (nSPS) is 10.6. The number of rotatable bonds is 3. The summed E-state index contributed by atoms with van der Waals surface area (Å²) in [4.78, 5) is 6.28. The van der Waals surface area contributed by atoms with E-state index in [2.05, 4.69) is 175 Å². The highest BCUT2D eigenvalue weighted by atomic mass is 79.9. The Hall–Kier alpha value is -5.86. The van der Waals surface area contributed by atoms with Crippen molar-refractivity contribution in [2.75, 3.05) is 57.0 Å². The molecule has 7 rings (SSSR count). The van der Waals surface area contributed by atoms with Crippen LogP contribution >= 0.6 is 15.9 Å². The molecule has 0 spiro atoms. The summed E-state index contributed by atoms with van der Waals surface area (Å²) >= 11 is 3.90. The Morgan fingerprint density at radius 2 is 0.660 bits per heavy atom. The van der Waals surface area contributed by atoms with E-state index in [0.717, 1.165) is 81.8 Å². The van der Waals surface area contributed by atoms with Gasteiger partial charge in [-0.1, -0.05) is 75.7 Å². The number of hydrogen-bond acceptors (Lipinski definition) is 3. The molecule has 0 bridgehead atoms. The van der Waals surface area contributed by atoms with E-state index >= 15 is 0 Å². The van der Waals surface area contributed by atoms with Crippen molar-refractivity contribution in [3.63, 3.8) is 0 Å². The Kier molecular flexibility index (Phi) is 8.87. The summed E-state index contributed by atoms with van der Waals surface area (Å²) in [6, 6.07) is 38.1. The SMILES string of the molecule is CN(C)c1ccc(C#Cc2cc(Br)c3ccc4c(C#Cc5ccc(N(C)C)cc5)cc(C#Cc5ccc(N(C)C)cc5)c5ccc2c3c45)cc1. The Balaban J connectivity index is 1.43. The van der Waals surface area contributed by atoms with Crippen molar-refractivity contribution in [3.8, 4) is 35.5 Å². The van der Waals surface area contributed by atoms with Gasteiger partial charge in [-0.05, 0) is 117 Å². The lowest BCUT2D eigenvalue weighted by atomic mass is 9.88. The molecule has 0 N–H and O–H groups in total. The average molecular weight is 711 g/mol. The van der Waals surface area contributed by atoms with Gasteiger partial charge in [0.25, 0.3) is 0 Å². The maximum Gasteiger partial charge on any atom is 0.0361 e. The minimum atomic E-state index is 0.949. The van der Waals surface area contributed by atoms with Gasteiger partial charge in [-0.25, -0.2) is 0 Å². The van der Waals surface area contributed by atoms with Crippen molar-refractivity contribution in [1.29, 1.82) is 0 Å². The van der Waals surface area contributed by atoms with E-state index in [-0.39, 0.29) is 0 Å². The van der Waals surface area contributed by atoms with Gasteiger partial charge < -0.3 is 14.7 Å². The minimum Gasteiger partial charge on any atom is -0.378 e. The summed E-state index contributed by atoms with van der Waals surface area (Å²) in [7, 11) is 12.3. The maximum atomic E-state index is 3.90. The highest BCUT2D eigenvalue weighted by molar-refractivity contribution is 9.10. The van der Waals surface area contributed by atoms with Crippen LogP contribution in [0.2, 0.25) is 0 Å². The predicted octanol–water partition coefficient (Wildman–Crippen LogP) is 9.74. The topological polar surface area (TPSA) is 9.72 Å². The molecule has 0 aromatic heterocycles. The van der Waals surface area contributed by atoms with Crippen LogP contribution in [0.4, 0.5) is 17.1 Å². The first kappa shape index (κ1) is 32.7. The maximum absolute atomic E-state index is 3.90. The summed E-state index contributed by atoms with van der Waals surface area (Å²) in [5, 5.41) is 6.78. The van der Waals surface area contributed by atoms with E-state index in [1.165, 1.54) is 5.39 Å². The first-order chi connectivity index (χ1) is 24.2. The number of halogens is 1.